The summed E-state index contributed by atoms with van der Waals surface area (Å²) in [5.74, 6) is 0. The van der Waals surface area contributed by atoms with Crippen molar-refractivity contribution < 1.29 is 0 Å². The molecule has 1 unspecified atom stereocenters. The molecule has 0 fully saturated rings. The van der Waals surface area contributed by atoms with Crippen molar-refractivity contribution in [2.75, 3.05) is 7.05 Å². The molecule has 2 aromatic rings. The molecule has 1 aromatic heterocycles. The van der Waals surface area contributed by atoms with Gasteiger partial charge in [0.2, 0.25) is 0 Å². The molecule has 1 aromatic carbocycles. The van der Waals surface area contributed by atoms with E-state index in [4.69, 9.17) is 0 Å². The van der Waals surface area contributed by atoms with Crippen LogP contribution in [0, 0.1) is 0 Å². The highest BCUT2D eigenvalue weighted by molar-refractivity contribution is 9.10. The Morgan fingerprint density at radius 3 is 2.83 bits per heavy atom. The smallest absolute Gasteiger partial charge is 0.116 e. The van der Waals surface area contributed by atoms with Gasteiger partial charge >= 0.3 is 0 Å². The number of hydrogen-bond donors (Lipinski definition) is 1. The van der Waals surface area contributed by atoms with Crippen molar-refractivity contribution in [1.29, 1.82) is 0 Å². The topological polar surface area (TPSA) is 37.8 Å². The Kier molecular flexibility index (Phi) is 4.74. The third kappa shape index (κ3) is 3.31. The quantitative estimate of drug-likeness (QED) is 0.871. The van der Waals surface area contributed by atoms with Crippen molar-refractivity contribution in [1.82, 2.24) is 15.3 Å². The first kappa shape index (κ1) is 13.5. The average Bonchev–Trinajstić information content (AvgIpc) is 2.41. The van der Waals surface area contributed by atoms with Gasteiger partial charge in [0.05, 0.1) is 0 Å². The summed E-state index contributed by atoms with van der Waals surface area (Å²) in [6, 6.07) is 8.52. The van der Waals surface area contributed by atoms with Gasteiger partial charge in [-0.05, 0) is 43.8 Å². The molecule has 94 valence electrons. The Morgan fingerprint density at radius 2 is 2.17 bits per heavy atom. The summed E-state index contributed by atoms with van der Waals surface area (Å²) in [5, 5.41) is 4.22. The second-order valence-corrected chi connectivity index (χ2v) is 5.82. The van der Waals surface area contributed by atoms with Crippen LogP contribution in [0.3, 0.4) is 0 Å². The summed E-state index contributed by atoms with van der Waals surface area (Å²) in [5.41, 5.74) is 1.26. The highest BCUT2D eigenvalue weighted by Gasteiger charge is 2.11. The van der Waals surface area contributed by atoms with Gasteiger partial charge in [-0.25, -0.2) is 9.97 Å². The van der Waals surface area contributed by atoms with Crippen molar-refractivity contribution in [3.8, 4) is 0 Å². The molecule has 2 rings (SSSR count). The molecule has 1 atom stereocenters. The van der Waals surface area contributed by atoms with Crippen LogP contribution < -0.4 is 5.32 Å². The lowest BCUT2D eigenvalue weighted by Crippen LogP contribution is -2.13. The fraction of sp³-hybridized carbons (Fsp3) is 0.231. The van der Waals surface area contributed by atoms with Crippen LogP contribution in [-0.2, 0) is 0 Å². The lowest BCUT2D eigenvalue weighted by atomic mass is 10.1. The number of aromatic nitrogens is 2. The molecule has 18 heavy (non-hydrogen) atoms. The zero-order chi connectivity index (χ0) is 13.0. The molecular formula is C13H14BrN3S. The normalized spacial score (nSPS) is 12.4. The number of nitrogens with zero attached hydrogens (tertiary/aromatic N) is 2. The lowest BCUT2D eigenvalue weighted by molar-refractivity contribution is 0.641. The Bertz CT molecular complexity index is 519. The minimum absolute atomic E-state index is 0.298. The molecule has 0 spiro atoms. The summed E-state index contributed by atoms with van der Waals surface area (Å²) in [7, 11) is 1.96. The Morgan fingerprint density at radius 1 is 1.33 bits per heavy atom. The Hall–Kier alpha value is -0.910. The Balaban J connectivity index is 2.32. The molecule has 5 heteroatoms. The van der Waals surface area contributed by atoms with Crippen molar-refractivity contribution in [3.63, 3.8) is 0 Å². The number of benzene rings is 1. The first-order chi connectivity index (χ1) is 8.70. The maximum absolute atomic E-state index is 4.24. The standard InChI is InChI=1S/C13H14BrN3S/c1-9(15-2)11-7-10(14)3-4-12(11)18-13-5-6-16-8-17-13/h3-9,15H,1-2H3. The van der Waals surface area contributed by atoms with Crippen LogP contribution in [0.1, 0.15) is 18.5 Å². The predicted molar refractivity (Wildman–Crippen MR) is 77.8 cm³/mol. The van der Waals surface area contributed by atoms with E-state index in [2.05, 4.69) is 56.3 Å². The summed E-state index contributed by atoms with van der Waals surface area (Å²) >= 11 is 5.17. The van der Waals surface area contributed by atoms with E-state index in [1.807, 2.05) is 13.1 Å². The van der Waals surface area contributed by atoms with Crippen LogP contribution in [-0.4, -0.2) is 17.0 Å². The fourth-order valence-corrected chi connectivity index (χ4v) is 2.88. The van der Waals surface area contributed by atoms with E-state index in [0.29, 0.717) is 6.04 Å². The van der Waals surface area contributed by atoms with E-state index in [-0.39, 0.29) is 0 Å². The minimum atomic E-state index is 0.298. The third-order valence-electron chi connectivity index (χ3n) is 2.64. The van der Waals surface area contributed by atoms with Crippen molar-refractivity contribution in [2.24, 2.45) is 0 Å². The SMILES string of the molecule is CNC(C)c1cc(Br)ccc1Sc1ccncn1. The van der Waals surface area contributed by atoms with Crippen LogP contribution in [0.4, 0.5) is 0 Å². The van der Waals surface area contributed by atoms with Gasteiger partial charge in [-0.15, -0.1) is 0 Å². The molecule has 0 saturated heterocycles. The summed E-state index contributed by atoms with van der Waals surface area (Å²) < 4.78 is 1.09. The van der Waals surface area contributed by atoms with E-state index in [1.165, 1.54) is 10.5 Å². The molecule has 0 radical (unpaired) electrons. The molecule has 1 heterocycles. The van der Waals surface area contributed by atoms with E-state index < -0.39 is 0 Å². The third-order valence-corrected chi connectivity index (χ3v) is 4.18. The van der Waals surface area contributed by atoms with Crippen molar-refractivity contribution >= 4 is 27.7 Å². The van der Waals surface area contributed by atoms with Crippen LogP contribution in [0.2, 0.25) is 0 Å². The molecule has 0 bridgehead atoms. The van der Waals surface area contributed by atoms with Crippen LogP contribution in [0.15, 0.2) is 51.2 Å². The number of nitrogens with one attached hydrogen (secondary N) is 1. The maximum Gasteiger partial charge on any atom is 0.116 e. The van der Waals surface area contributed by atoms with E-state index in [9.17, 15) is 0 Å². The van der Waals surface area contributed by atoms with E-state index >= 15 is 0 Å². The zero-order valence-corrected chi connectivity index (χ0v) is 12.6. The van der Waals surface area contributed by atoms with Gasteiger partial charge in [0.15, 0.2) is 0 Å². The van der Waals surface area contributed by atoms with Crippen molar-refractivity contribution in [3.05, 3.63) is 46.8 Å². The number of halogens is 1. The van der Waals surface area contributed by atoms with Gasteiger partial charge < -0.3 is 5.32 Å². The van der Waals surface area contributed by atoms with Crippen LogP contribution >= 0.6 is 27.7 Å². The molecule has 1 N–H and O–H groups in total. The molecule has 0 saturated carbocycles. The molecule has 0 aliphatic rings. The fourth-order valence-electron chi connectivity index (χ4n) is 1.56. The largest absolute Gasteiger partial charge is 0.313 e. The molecule has 0 aliphatic carbocycles. The zero-order valence-electron chi connectivity index (χ0n) is 10.2. The average molecular weight is 324 g/mol. The molecule has 0 amide bonds. The second-order valence-electron chi connectivity index (χ2n) is 3.84. The summed E-state index contributed by atoms with van der Waals surface area (Å²) in [6.07, 6.45) is 3.33. The van der Waals surface area contributed by atoms with Gasteiger partial charge in [0, 0.05) is 21.6 Å². The lowest BCUT2D eigenvalue weighted by Gasteiger charge is -2.15. The van der Waals surface area contributed by atoms with Crippen molar-refractivity contribution in [2.45, 2.75) is 22.9 Å². The molecule has 0 aliphatic heterocycles. The minimum Gasteiger partial charge on any atom is -0.313 e. The molecule has 3 nitrogen and oxygen atoms in total. The number of hydrogen-bond acceptors (Lipinski definition) is 4. The molecular weight excluding hydrogens is 310 g/mol. The van der Waals surface area contributed by atoms with E-state index in [1.54, 1.807) is 24.3 Å². The second kappa shape index (κ2) is 6.31. The highest BCUT2D eigenvalue weighted by atomic mass is 79.9. The Labute approximate surface area is 120 Å². The van der Waals surface area contributed by atoms with E-state index in [0.717, 1.165) is 9.50 Å². The van der Waals surface area contributed by atoms with Gasteiger partial charge in [0.1, 0.15) is 11.4 Å². The summed E-state index contributed by atoms with van der Waals surface area (Å²) in [6.45, 7) is 2.14. The highest BCUT2D eigenvalue weighted by Crippen LogP contribution is 2.33. The first-order valence-corrected chi connectivity index (χ1v) is 7.22. The van der Waals surface area contributed by atoms with Crippen LogP contribution in [0.5, 0.6) is 0 Å². The van der Waals surface area contributed by atoms with Gasteiger partial charge in [-0.2, -0.15) is 0 Å². The van der Waals surface area contributed by atoms with Crippen LogP contribution in [0.25, 0.3) is 0 Å². The van der Waals surface area contributed by atoms with Gasteiger partial charge in [-0.1, -0.05) is 27.7 Å². The first-order valence-electron chi connectivity index (χ1n) is 5.61. The van der Waals surface area contributed by atoms with Gasteiger partial charge in [0.25, 0.3) is 0 Å². The maximum atomic E-state index is 4.24. The monoisotopic (exact) mass is 323 g/mol. The number of rotatable bonds is 4. The predicted octanol–water partition coefficient (Wildman–Crippen LogP) is 3.67. The summed E-state index contributed by atoms with van der Waals surface area (Å²) in [4.78, 5) is 9.38. The van der Waals surface area contributed by atoms with Gasteiger partial charge in [-0.3, -0.25) is 0 Å².